The van der Waals surface area contributed by atoms with Gasteiger partial charge in [-0.1, -0.05) is 18.7 Å². The fourth-order valence-corrected chi connectivity index (χ4v) is 3.42. The molecule has 1 aromatic heterocycles. The second kappa shape index (κ2) is 7.22. The summed E-state index contributed by atoms with van der Waals surface area (Å²) in [5, 5.41) is 4.48. The van der Waals surface area contributed by atoms with E-state index in [1.165, 1.54) is 36.4 Å². The normalized spacial score (nSPS) is 12.0. The predicted molar refractivity (Wildman–Crippen MR) is 86.7 cm³/mol. The van der Waals surface area contributed by atoms with E-state index in [9.17, 15) is 22.4 Å². The van der Waals surface area contributed by atoms with Crippen molar-refractivity contribution >= 4 is 23.5 Å². The van der Waals surface area contributed by atoms with Crippen LogP contribution in [0, 0.1) is 12.7 Å². The van der Waals surface area contributed by atoms with E-state index < -0.39 is 23.4 Å². The largest absolute Gasteiger partial charge is 0.398 e. The summed E-state index contributed by atoms with van der Waals surface area (Å²) >= 11 is 1.86. The van der Waals surface area contributed by atoms with Gasteiger partial charge in [0.1, 0.15) is 11.5 Å². The topological polar surface area (TPSA) is 39.8 Å². The van der Waals surface area contributed by atoms with Crippen molar-refractivity contribution in [3.05, 3.63) is 34.0 Å². The fraction of sp³-hybridized carbons (Fsp3) is 0.429. The number of hydrogen-bond acceptors (Lipinski definition) is 4. The zero-order valence-corrected chi connectivity index (χ0v) is 14.8. The number of halogens is 4. The highest BCUT2D eigenvalue weighted by Crippen LogP contribution is 2.31. The molecule has 0 fully saturated rings. The Morgan fingerprint density at radius 1 is 1.25 bits per heavy atom. The lowest BCUT2D eigenvalue weighted by Gasteiger charge is -2.11. The Labute approximate surface area is 144 Å². The molecule has 0 saturated heterocycles. The van der Waals surface area contributed by atoms with Gasteiger partial charge in [-0.3, -0.25) is 4.57 Å². The molecule has 2 aromatic rings. The molecule has 2 rings (SSSR count). The van der Waals surface area contributed by atoms with Gasteiger partial charge in [0.05, 0.1) is 5.75 Å². The highest BCUT2D eigenvalue weighted by Gasteiger charge is 2.28. The van der Waals surface area contributed by atoms with Crippen LogP contribution in [-0.2, 0) is 7.05 Å². The Morgan fingerprint density at radius 3 is 2.50 bits per heavy atom. The SMILES string of the molecule is CCSc1nn(-c2cc(SCC(F)(F)F)c(C)cc2F)c(=O)n1C. The van der Waals surface area contributed by atoms with E-state index in [-0.39, 0.29) is 10.6 Å². The molecule has 0 amide bonds. The van der Waals surface area contributed by atoms with Gasteiger partial charge in [-0.15, -0.1) is 16.9 Å². The number of benzene rings is 1. The minimum Gasteiger partial charge on any atom is -0.273 e. The Bertz CT molecular complexity index is 799. The minimum atomic E-state index is -4.33. The number of thioether (sulfide) groups is 2. The maximum atomic E-state index is 14.2. The molecule has 0 aliphatic carbocycles. The van der Waals surface area contributed by atoms with Crippen molar-refractivity contribution in [2.75, 3.05) is 11.5 Å². The van der Waals surface area contributed by atoms with Crippen LogP contribution in [0.15, 0.2) is 27.0 Å². The van der Waals surface area contributed by atoms with E-state index >= 15 is 0 Å². The average Bonchev–Trinajstić information content (AvgIpc) is 2.74. The molecular weight excluding hydrogens is 366 g/mol. The molecule has 0 saturated carbocycles. The number of aryl methyl sites for hydroxylation is 1. The Hall–Kier alpha value is -1.42. The van der Waals surface area contributed by atoms with Gasteiger partial charge in [0.15, 0.2) is 5.16 Å². The molecule has 0 bridgehead atoms. The summed E-state index contributed by atoms with van der Waals surface area (Å²) in [6.07, 6.45) is -4.33. The minimum absolute atomic E-state index is 0.158. The van der Waals surface area contributed by atoms with Crippen LogP contribution in [0.1, 0.15) is 12.5 Å². The maximum absolute atomic E-state index is 14.2. The van der Waals surface area contributed by atoms with Crippen molar-refractivity contribution < 1.29 is 17.6 Å². The number of nitrogens with zero attached hydrogens (tertiary/aromatic N) is 3. The number of hydrogen-bond donors (Lipinski definition) is 0. The van der Waals surface area contributed by atoms with Gasteiger partial charge in [-0.25, -0.2) is 9.18 Å². The molecule has 0 spiro atoms. The smallest absolute Gasteiger partial charge is 0.273 e. The fourth-order valence-electron chi connectivity index (χ4n) is 1.95. The van der Waals surface area contributed by atoms with Crippen LogP contribution in [-0.4, -0.2) is 32.0 Å². The summed E-state index contributed by atoms with van der Waals surface area (Å²) in [6.45, 7) is 3.40. The Morgan fingerprint density at radius 2 is 1.92 bits per heavy atom. The molecule has 4 nitrogen and oxygen atoms in total. The van der Waals surface area contributed by atoms with E-state index in [2.05, 4.69) is 5.10 Å². The Kier molecular flexibility index (Phi) is 5.69. The van der Waals surface area contributed by atoms with Gasteiger partial charge < -0.3 is 0 Å². The first kappa shape index (κ1) is 18.9. The second-order valence-electron chi connectivity index (χ2n) is 4.94. The standard InChI is InChI=1S/C14H15F4N3OS2/c1-4-23-12-19-21(13(22)20(12)3)10-6-11(8(2)5-9(10)15)24-7-14(16,17)18/h5-6H,4,7H2,1-3H3. The van der Waals surface area contributed by atoms with Gasteiger partial charge in [0.25, 0.3) is 0 Å². The summed E-state index contributed by atoms with van der Waals surface area (Å²) < 4.78 is 53.6. The van der Waals surface area contributed by atoms with E-state index in [0.717, 1.165) is 10.7 Å². The van der Waals surface area contributed by atoms with Crippen molar-refractivity contribution in [1.29, 1.82) is 0 Å². The molecule has 0 aliphatic heterocycles. The Balaban J connectivity index is 2.47. The zero-order valence-electron chi connectivity index (χ0n) is 13.1. The molecule has 0 N–H and O–H groups in total. The summed E-state index contributed by atoms with van der Waals surface area (Å²) in [5.74, 6) is -1.13. The van der Waals surface area contributed by atoms with Crippen LogP contribution < -0.4 is 5.69 Å². The van der Waals surface area contributed by atoms with E-state index in [1.54, 1.807) is 0 Å². The maximum Gasteiger partial charge on any atom is 0.398 e. The third-order valence-corrected chi connectivity index (χ3v) is 5.20. The molecule has 0 atom stereocenters. The van der Waals surface area contributed by atoms with Crippen molar-refractivity contribution in [2.24, 2.45) is 7.05 Å². The molecule has 1 aromatic carbocycles. The van der Waals surface area contributed by atoms with Crippen molar-refractivity contribution in [3.8, 4) is 5.69 Å². The number of rotatable bonds is 5. The van der Waals surface area contributed by atoms with Crippen LogP contribution in [0.5, 0.6) is 0 Å². The first-order chi connectivity index (χ1) is 11.1. The molecule has 0 aliphatic rings. The molecule has 1 heterocycles. The van der Waals surface area contributed by atoms with Gasteiger partial charge in [-0.05, 0) is 30.4 Å². The van der Waals surface area contributed by atoms with Crippen LogP contribution in [0.4, 0.5) is 17.6 Å². The van der Waals surface area contributed by atoms with Crippen LogP contribution in [0.2, 0.25) is 0 Å². The molecule has 132 valence electrons. The number of alkyl halides is 3. The van der Waals surface area contributed by atoms with Crippen LogP contribution >= 0.6 is 23.5 Å². The molecule has 10 heteroatoms. The third kappa shape index (κ3) is 4.15. The average molecular weight is 381 g/mol. The summed E-state index contributed by atoms with van der Waals surface area (Å²) in [7, 11) is 1.51. The van der Waals surface area contributed by atoms with E-state index in [0.29, 0.717) is 28.2 Å². The summed E-state index contributed by atoms with van der Waals surface area (Å²) in [4.78, 5) is 12.5. The molecule has 0 radical (unpaired) electrons. The van der Waals surface area contributed by atoms with E-state index in [4.69, 9.17) is 0 Å². The predicted octanol–water partition coefficient (Wildman–Crippen LogP) is 3.78. The lowest BCUT2D eigenvalue weighted by molar-refractivity contribution is -0.105. The van der Waals surface area contributed by atoms with Crippen molar-refractivity contribution in [2.45, 2.75) is 30.1 Å². The van der Waals surface area contributed by atoms with Gasteiger partial charge in [0.2, 0.25) is 0 Å². The summed E-state index contributed by atoms with van der Waals surface area (Å²) in [6, 6.07) is 2.34. The lowest BCUT2D eigenvalue weighted by Crippen LogP contribution is -2.22. The zero-order chi connectivity index (χ0) is 18.1. The highest BCUT2D eigenvalue weighted by atomic mass is 32.2. The summed E-state index contributed by atoms with van der Waals surface area (Å²) in [5.41, 5.74) is -0.341. The van der Waals surface area contributed by atoms with Gasteiger partial charge >= 0.3 is 11.9 Å². The molecule has 0 unspecified atom stereocenters. The van der Waals surface area contributed by atoms with Crippen molar-refractivity contribution in [3.63, 3.8) is 0 Å². The van der Waals surface area contributed by atoms with E-state index in [1.807, 2.05) is 6.92 Å². The van der Waals surface area contributed by atoms with Gasteiger partial charge in [-0.2, -0.15) is 17.9 Å². The van der Waals surface area contributed by atoms with Crippen LogP contribution in [0.25, 0.3) is 5.69 Å². The second-order valence-corrected chi connectivity index (χ2v) is 7.19. The van der Waals surface area contributed by atoms with Crippen LogP contribution in [0.3, 0.4) is 0 Å². The highest BCUT2D eigenvalue weighted by molar-refractivity contribution is 7.99. The quantitative estimate of drug-likeness (QED) is 0.584. The first-order valence-corrected chi connectivity index (χ1v) is 8.90. The molecule has 24 heavy (non-hydrogen) atoms. The molecular formula is C14H15F4N3OS2. The third-order valence-electron chi connectivity index (χ3n) is 3.08. The van der Waals surface area contributed by atoms with Gasteiger partial charge in [0, 0.05) is 11.9 Å². The van der Waals surface area contributed by atoms with Crippen molar-refractivity contribution in [1.82, 2.24) is 14.3 Å². The number of aromatic nitrogens is 3. The monoisotopic (exact) mass is 381 g/mol. The lowest BCUT2D eigenvalue weighted by atomic mass is 10.2. The first-order valence-electron chi connectivity index (χ1n) is 6.93.